The Morgan fingerprint density at radius 3 is 2.71 bits per heavy atom. The van der Waals surface area contributed by atoms with Crippen molar-refractivity contribution in [3.8, 4) is 0 Å². The third-order valence-electron chi connectivity index (χ3n) is 1.97. The smallest absolute Gasteiger partial charge is 0.340 e. The number of pyridine rings is 1. The topological polar surface area (TPSA) is 59.5 Å². The molecule has 0 saturated heterocycles. The van der Waals surface area contributed by atoms with Gasteiger partial charge in [-0.2, -0.15) is 0 Å². The summed E-state index contributed by atoms with van der Waals surface area (Å²) < 4.78 is 4.59. The van der Waals surface area contributed by atoms with Crippen molar-refractivity contribution >= 4 is 11.8 Å². The maximum absolute atomic E-state index is 11.8. The van der Waals surface area contributed by atoms with Crippen LogP contribution in [0.2, 0.25) is 0 Å². The predicted molar refractivity (Wildman–Crippen MR) is 62.7 cm³/mol. The first-order chi connectivity index (χ1) is 8.06. The summed E-state index contributed by atoms with van der Waals surface area (Å²) in [4.78, 5) is 28.9. The van der Waals surface area contributed by atoms with Gasteiger partial charge in [0.05, 0.1) is 12.7 Å². The summed E-state index contributed by atoms with van der Waals surface area (Å²) in [5.41, 5.74) is 0.265. The van der Waals surface area contributed by atoms with E-state index in [1.54, 1.807) is 31.3 Å². The average Bonchev–Trinajstić information content (AvgIpc) is 2.34. The third-order valence-corrected chi connectivity index (χ3v) is 1.97. The molecule has 1 aromatic rings. The number of esters is 1. The van der Waals surface area contributed by atoms with Crippen molar-refractivity contribution in [1.82, 2.24) is 9.88 Å². The number of carbonyl (C=O) groups excluding carboxylic acids is 2. The molecule has 0 saturated carbocycles. The molecule has 0 unspecified atom stereocenters. The molecule has 0 fully saturated rings. The fourth-order valence-corrected chi connectivity index (χ4v) is 1.17. The van der Waals surface area contributed by atoms with E-state index in [1.807, 2.05) is 0 Å². The molecule has 5 nitrogen and oxygen atoms in total. The molecule has 0 aliphatic heterocycles. The molecule has 0 aliphatic rings. The molecule has 0 amide bonds. The summed E-state index contributed by atoms with van der Waals surface area (Å²) in [5, 5.41) is 0. The minimum Gasteiger partial charge on any atom is -0.465 e. The van der Waals surface area contributed by atoms with Crippen molar-refractivity contribution in [1.29, 1.82) is 0 Å². The zero-order chi connectivity index (χ0) is 12.8. The molecular formula is C12H14N2O3. The molecule has 5 heteroatoms. The van der Waals surface area contributed by atoms with Gasteiger partial charge >= 0.3 is 5.97 Å². The summed E-state index contributed by atoms with van der Waals surface area (Å²) in [6, 6.07) is 3.09. The first kappa shape index (κ1) is 12.9. The van der Waals surface area contributed by atoms with Crippen LogP contribution in [0.4, 0.5) is 0 Å². The molecule has 0 spiro atoms. The van der Waals surface area contributed by atoms with Crippen LogP contribution in [0.3, 0.4) is 0 Å². The van der Waals surface area contributed by atoms with Gasteiger partial charge in [0.2, 0.25) is 5.78 Å². The van der Waals surface area contributed by atoms with Gasteiger partial charge in [0.1, 0.15) is 5.69 Å². The zero-order valence-corrected chi connectivity index (χ0v) is 10.0. The zero-order valence-electron chi connectivity index (χ0n) is 10.0. The number of rotatable bonds is 4. The number of nitrogens with zero attached hydrogens (tertiary/aromatic N) is 2. The summed E-state index contributed by atoms with van der Waals surface area (Å²) in [6.07, 6.45) is 4.41. The highest BCUT2D eigenvalue weighted by molar-refractivity contribution is 6.09. The van der Waals surface area contributed by atoms with E-state index in [1.165, 1.54) is 25.4 Å². The third kappa shape index (κ3) is 3.41. The van der Waals surface area contributed by atoms with Gasteiger partial charge in [0.25, 0.3) is 0 Å². The summed E-state index contributed by atoms with van der Waals surface area (Å²) in [7, 11) is 4.85. The van der Waals surface area contributed by atoms with Gasteiger partial charge in [-0.15, -0.1) is 0 Å². The maximum atomic E-state index is 11.8. The first-order valence-corrected chi connectivity index (χ1v) is 4.98. The number of ether oxygens (including phenoxy) is 1. The average molecular weight is 234 g/mol. The fraction of sp³-hybridized carbons (Fsp3) is 0.250. The lowest BCUT2D eigenvalue weighted by Crippen LogP contribution is -2.11. The van der Waals surface area contributed by atoms with Gasteiger partial charge in [-0.3, -0.25) is 9.78 Å². The molecule has 0 aromatic carbocycles. The number of ketones is 1. The number of aromatic nitrogens is 1. The molecule has 1 rings (SSSR count). The predicted octanol–water partition coefficient (Wildman–Crippen LogP) is 1.13. The second kappa shape index (κ2) is 5.79. The van der Waals surface area contributed by atoms with Crippen LogP contribution in [-0.4, -0.2) is 42.8 Å². The SMILES string of the molecule is COC(=O)c1cccnc1C(=O)/C=C/N(C)C. The van der Waals surface area contributed by atoms with Crippen molar-refractivity contribution < 1.29 is 14.3 Å². The molecule has 1 aromatic heterocycles. The summed E-state index contributed by atoms with van der Waals surface area (Å²) in [5.74, 6) is -0.903. The molecule has 90 valence electrons. The Balaban J connectivity index is 3.05. The Labute approximate surface area is 99.7 Å². The lowest BCUT2D eigenvalue weighted by atomic mass is 10.1. The van der Waals surface area contributed by atoms with Crippen LogP contribution in [0, 0.1) is 0 Å². The molecule has 0 atom stereocenters. The Morgan fingerprint density at radius 2 is 2.12 bits per heavy atom. The van der Waals surface area contributed by atoms with Crippen molar-refractivity contribution in [3.05, 3.63) is 41.9 Å². The van der Waals surface area contributed by atoms with E-state index >= 15 is 0 Å². The van der Waals surface area contributed by atoms with Crippen molar-refractivity contribution in [2.45, 2.75) is 0 Å². The number of hydrogen-bond acceptors (Lipinski definition) is 5. The van der Waals surface area contributed by atoms with E-state index in [0.717, 1.165) is 0 Å². The monoisotopic (exact) mass is 234 g/mol. The van der Waals surface area contributed by atoms with Crippen LogP contribution in [0.25, 0.3) is 0 Å². The molecule has 0 bridgehead atoms. The molecule has 1 heterocycles. The van der Waals surface area contributed by atoms with Crippen molar-refractivity contribution in [2.75, 3.05) is 21.2 Å². The molecule has 0 radical (unpaired) electrons. The van der Waals surface area contributed by atoms with Gasteiger partial charge in [0.15, 0.2) is 0 Å². The molecule has 0 aliphatic carbocycles. The highest BCUT2D eigenvalue weighted by Crippen LogP contribution is 2.08. The van der Waals surface area contributed by atoms with Crippen LogP contribution >= 0.6 is 0 Å². The highest BCUT2D eigenvalue weighted by Gasteiger charge is 2.16. The van der Waals surface area contributed by atoms with E-state index < -0.39 is 5.97 Å². The fourth-order valence-electron chi connectivity index (χ4n) is 1.17. The number of hydrogen-bond donors (Lipinski definition) is 0. The standard InChI is InChI=1S/C12H14N2O3/c1-14(2)8-6-10(15)11-9(12(16)17-3)5-4-7-13-11/h4-8H,1-3H3/b8-6+. The quantitative estimate of drug-likeness (QED) is 0.444. The first-order valence-electron chi connectivity index (χ1n) is 4.98. The van der Waals surface area contributed by atoms with Gasteiger partial charge in [-0.25, -0.2) is 4.79 Å². The van der Waals surface area contributed by atoms with E-state index in [-0.39, 0.29) is 17.0 Å². The number of carbonyl (C=O) groups is 2. The van der Waals surface area contributed by atoms with Gasteiger partial charge in [-0.1, -0.05) is 0 Å². The Kier molecular flexibility index (Phi) is 4.39. The van der Waals surface area contributed by atoms with Crippen molar-refractivity contribution in [3.63, 3.8) is 0 Å². The molecular weight excluding hydrogens is 220 g/mol. The second-order valence-corrected chi connectivity index (χ2v) is 3.53. The van der Waals surface area contributed by atoms with Crippen LogP contribution in [-0.2, 0) is 4.74 Å². The van der Waals surface area contributed by atoms with Gasteiger partial charge < -0.3 is 9.64 Å². The van der Waals surface area contributed by atoms with E-state index in [0.29, 0.717) is 0 Å². The lowest BCUT2D eigenvalue weighted by molar-refractivity contribution is 0.0597. The van der Waals surface area contributed by atoms with E-state index in [4.69, 9.17) is 0 Å². The number of methoxy groups -OCH3 is 1. The molecule has 0 N–H and O–H groups in total. The Bertz CT molecular complexity index is 453. The molecule has 17 heavy (non-hydrogen) atoms. The largest absolute Gasteiger partial charge is 0.465 e. The Morgan fingerprint density at radius 1 is 1.41 bits per heavy atom. The summed E-state index contributed by atoms with van der Waals surface area (Å²) >= 11 is 0. The van der Waals surface area contributed by atoms with Crippen LogP contribution < -0.4 is 0 Å². The van der Waals surface area contributed by atoms with E-state index in [9.17, 15) is 9.59 Å². The minimum absolute atomic E-state index is 0.0949. The summed E-state index contributed by atoms with van der Waals surface area (Å²) in [6.45, 7) is 0. The minimum atomic E-state index is -0.570. The van der Waals surface area contributed by atoms with Crippen LogP contribution in [0.5, 0.6) is 0 Å². The van der Waals surface area contributed by atoms with Gasteiger partial charge in [-0.05, 0) is 12.1 Å². The number of allylic oxidation sites excluding steroid dienone is 1. The van der Waals surface area contributed by atoms with E-state index in [2.05, 4.69) is 9.72 Å². The van der Waals surface area contributed by atoms with Crippen LogP contribution in [0.15, 0.2) is 30.6 Å². The highest BCUT2D eigenvalue weighted by atomic mass is 16.5. The van der Waals surface area contributed by atoms with Crippen LogP contribution in [0.1, 0.15) is 20.8 Å². The van der Waals surface area contributed by atoms with Gasteiger partial charge in [0, 0.05) is 32.6 Å². The normalized spacial score (nSPS) is 10.3. The second-order valence-electron chi connectivity index (χ2n) is 3.53. The van der Waals surface area contributed by atoms with Crippen molar-refractivity contribution in [2.24, 2.45) is 0 Å². The Hall–Kier alpha value is -2.17. The lowest BCUT2D eigenvalue weighted by Gasteiger charge is -2.05. The maximum Gasteiger partial charge on any atom is 0.340 e.